The highest BCUT2D eigenvalue weighted by Crippen LogP contribution is 2.42. The maximum atomic E-state index is 2.53. The Bertz CT molecular complexity index is 2130. The van der Waals surface area contributed by atoms with E-state index in [4.69, 9.17) is 0 Å². The molecular formula is C35H25N2+. The molecule has 0 radical (unpaired) electrons. The lowest BCUT2D eigenvalue weighted by Gasteiger charge is -2.14. The van der Waals surface area contributed by atoms with Crippen molar-refractivity contribution >= 4 is 49.0 Å². The topological polar surface area (TPSA) is 8.29 Å². The zero-order chi connectivity index (χ0) is 24.7. The van der Waals surface area contributed by atoms with Crippen molar-refractivity contribution in [2.75, 3.05) is 0 Å². The summed E-state index contributed by atoms with van der Waals surface area (Å²) < 4.78 is 4.83. The summed E-state index contributed by atoms with van der Waals surface area (Å²) in [6.45, 7) is 2.24. The third-order valence-electron chi connectivity index (χ3n) is 8.05. The number of aryl methyl sites for hydroxylation is 2. The van der Waals surface area contributed by atoms with E-state index in [0.717, 1.165) is 0 Å². The predicted octanol–water partition coefficient (Wildman–Crippen LogP) is 8.46. The first-order valence-electron chi connectivity index (χ1n) is 12.8. The van der Waals surface area contributed by atoms with E-state index in [1.807, 2.05) is 0 Å². The van der Waals surface area contributed by atoms with Crippen LogP contribution in [-0.4, -0.2) is 4.40 Å². The molecule has 0 bridgehead atoms. The van der Waals surface area contributed by atoms with Crippen molar-refractivity contribution in [3.63, 3.8) is 0 Å². The Labute approximate surface area is 215 Å². The van der Waals surface area contributed by atoms with Gasteiger partial charge in [-0.25, -0.2) is 4.57 Å². The van der Waals surface area contributed by atoms with Gasteiger partial charge in [0, 0.05) is 16.8 Å². The molecule has 0 saturated carbocycles. The van der Waals surface area contributed by atoms with Crippen molar-refractivity contribution in [1.82, 2.24) is 4.40 Å². The monoisotopic (exact) mass is 473 g/mol. The highest BCUT2D eigenvalue weighted by atomic mass is 15.0. The molecule has 2 nitrogen and oxygen atoms in total. The summed E-state index contributed by atoms with van der Waals surface area (Å²) in [7, 11) is 2.17. The van der Waals surface area contributed by atoms with E-state index in [2.05, 4.69) is 138 Å². The Kier molecular flexibility index (Phi) is 4.10. The zero-order valence-corrected chi connectivity index (χ0v) is 20.9. The maximum Gasteiger partial charge on any atom is 0.224 e. The van der Waals surface area contributed by atoms with Crippen molar-refractivity contribution in [2.24, 2.45) is 7.05 Å². The highest BCUT2D eigenvalue weighted by molar-refractivity contribution is 6.26. The average molecular weight is 474 g/mol. The molecule has 174 valence electrons. The van der Waals surface area contributed by atoms with Crippen LogP contribution in [0.1, 0.15) is 5.56 Å². The predicted molar refractivity (Wildman–Crippen MR) is 155 cm³/mol. The summed E-state index contributed by atoms with van der Waals surface area (Å²) in [5.41, 5.74) is 11.4. The minimum absolute atomic E-state index is 1.24. The molecule has 0 unspecified atom stereocenters. The summed E-state index contributed by atoms with van der Waals surface area (Å²) in [6, 6.07) is 40.0. The SMILES string of the molecule is Cc1ccc2c3ccc(-c4ccccc4)cc3n3c4cc(-c5ccccc5)cc5cc[n+](C)c(c1c23)c54. The van der Waals surface area contributed by atoms with E-state index in [0.29, 0.717) is 0 Å². The molecule has 0 aliphatic rings. The second-order valence-electron chi connectivity index (χ2n) is 10.2. The van der Waals surface area contributed by atoms with Gasteiger partial charge in [-0.1, -0.05) is 84.9 Å². The Hall–Kier alpha value is -4.69. The van der Waals surface area contributed by atoms with Gasteiger partial charge in [0.15, 0.2) is 6.20 Å². The van der Waals surface area contributed by atoms with Crippen molar-refractivity contribution < 1.29 is 4.57 Å². The van der Waals surface area contributed by atoms with Crippen LogP contribution in [0.25, 0.3) is 71.3 Å². The third kappa shape index (κ3) is 2.78. The van der Waals surface area contributed by atoms with Crippen molar-refractivity contribution in [2.45, 2.75) is 6.92 Å². The quantitative estimate of drug-likeness (QED) is 0.135. The lowest BCUT2D eigenvalue weighted by molar-refractivity contribution is -0.643. The molecule has 0 fully saturated rings. The second-order valence-corrected chi connectivity index (χ2v) is 10.2. The Morgan fingerprint density at radius 2 is 1.24 bits per heavy atom. The number of pyridine rings is 2. The van der Waals surface area contributed by atoms with E-state index < -0.39 is 0 Å². The summed E-state index contributed by atoms with van der Waals surface area (Å²) in [5, 5.41) is 6.53. The first kappa shape index (κ1) is 20.5. The van der Waals surface area contributed by atoms with Crippen molar-refractivity contribution in [1.29, 1.82) is 0 Å². The van der Waals surface area contributed by atoms with E-state index in [1.165, 1.54) is 76.8 Å². The minimum atomic E-state index is 1.24. The van der Waals surface area contributed by atoms with E-state index in [1.54, 1.807) is 0 Å². The van der Waals surface area contributed by atoms with E-state index in [9.17, 15) is 0 Å². The smallest absolute Gasteiger partial charge is 0.224 e. The molecule has 8 rings (SSSR count). The summed E-state index contributed by atoms with van der Waals surface area (Å²) in [4.78, 5) is 0. The molecule has 2 heteroatoms. The molecule has 0 aliphatic heterocycles. The molecular weight excluding hydrogens is 448 g/mol. The van der Waals surface area contributed by atoms with Crippen LogP contribution in [0.4, 0.5) is 0 Å². The summed E-state index contributed by atoms with van der Waals surface area (Å²) >= 11 is 0. The zero-order valence-electron chi connectivity index (χ0n) is 20.9. The van der Waals surface area contributed by atoms with Crippen LogP contribution in [0.5, 0.6) is 0 Å². The van der Waals surface area contributed by atoms with Crippen LogP contribution < -0.4 is 4.57 Å². The third-order valence-corrected chi connectivity index (χ3v) is 8.05. The van der Waals surface area contributed by atoms with E-state index >= 15 is 0 Å². The number of hydrogen-bond acceptors (Lipinski definition) is 0. The van der Waals surface area contributed by atoms with Crippen LogP contribution in [0.2, 0.25) is 0 Å². The van der Waals surface area contributed by atoms with Crippen LogP contribution in [0.15, 0.2) is 115 Å². The molecule has 0 saturated heterocycles. The molecule has 3 aromatic heterocycles. The Balaban J connectivity index is 1.65. The summed E-state index contributed by atoms with van der Waals surface area (Å²) in [5.74, 6) is 0. The van der Waals surface area contributed by atoms with Gasteiger partial charge in [-0.3, -0.25) is 0 Å². The van der Waals surface area contributed by atoms with Crippen LogP contribution >= 0.6 is 0 Å². The molecule has 0 spiro atoms. The van der Waals surface area contributed by atoms with Gasteiger partial charge in [-0.15, -0.1) is 0 Å². The molecule has 0 N–H and O–H groups in total. The van der Waals surface area contributed by atoms with Gasteiger partial charge >= 0.3 is 0 Å². The summed E-state index contributed by atoms with van der Waals surface area (Å²) in [6.07, 6.45) is 2.21. The minimum Gasteiger partial charge on any atom is -0.307 e. The van der Waals surface area contributed by atoms with Crippen LogP contribution in [0.3, 0.4) is 0 Å². The lowest BCUT2D eigenvalue weighted by atomic mass is 9.96. The van der Waals surface area contributed by atoms with E-state index in [-0.39, 0.29) is 0 Å². The maximum absolute atomic E-state index is 2.53. The first-order chi connectivity index (χ1) is 18.2. The fourth-order valence-corrected chi connectivity index (χ4v) is 6.32. The number of rotatable bonds is 2. The number of nitrogens with zero attached hydrogens (tertiary/aromatic N) is 2. The number of fused-ring (bicyclic) bond motifs is 5. The molecule has 8 aromatic rings. The van der Waals surface area contributed by atoms with Crippen LogP contribution in [0, 0.1) is 6.92 Å². The van der Waals surface area contributed by atoms with Crippen molar-refractivity contribution in [3.8, 4) is 22.3 Å². The van der Waals surface area contributed by atoms with Gasteiger partial charge in [0.2, 0.25) is 5.52 Å². The molecule has 0 aliphatic carbocycles. The number of aromatic nitrogens is 2. The fraction of sp³-hybridized carbons (Fsp3) is 0.0571. The molecule has 0 atom stereocenters. The standard InChI is InChI=1S/C35H25N2/c1-22-13-15-29-28-16-14-25(23-9-5-3-6-10-23)20-30(28)37-31-21-27(24-11-7-4-8-12-24)19-26-17-18-36(2)35(33(26)31)32(22)34(29)37/h3-21H,1-2H3/q+1. The molecule has 5 aromatic carbocycles. The lowest BCUT2D eigenvalue weighted by Crippen LogP contribution is -2.28. The highest BCUT2D eigenvalue weighted by Gasteiger charge is 2.24. The average Bonchev–Trinajstić information content (AvgIpc) is 3.28. The molecule has 37 heavy (non-hydrogen) atoms. The van der Waals surface area contributed by atoms with Gasteiger partial charge in [0.05, 0.1) is 27.3 Å². The second kappa shape index (κ2) is 7.41. The Morgan fingerprint density at radius 1 is 0.568 bits per heavy atom. The first-order valence-corrected chi connectivity index (χ1v) is 12.8. The largest absolute Gasteiger partial charge is 0.307 e. The number of benzene rings is 5. The fourth-order valence-electron chi connectivity index (χ4n) is 6.32. The van der Waals surface area contributed by atoms with Gasteiger partial charge in [-0.05, 0) is 58.3 Å². The van der Waals surface area contributed by atoms with Gasteiger partial charge in [0.1, 0.15) is 7.05 Å². The normalized spacial score (nSPS) is 12.1. The van der Waals surface area contributed by atoms with Crippen molar-refractivity contribution in [3.05, 3.63) is 121 Å². The molecule has 3 heterocycles. The Morgan fingerprint density at radius 3 is 2.00 bits per heavy atom. The van der Waals surface area contributed by atoms with Crippen LogP contribution in [-0.2, 0) is 7.05 Å². The molecule has 0 amide bonds. The number of hydrogen-bond donors (Lipinski definition) is 0. The van der Waals surface area contributed by atoms with Gasteiger partial charge in [0.25, 0.3) is 0 Å². The van der Waals surface area contributed by atoms with Gasteiger partial charge < -0.3 is 4.40 Å². The van der Waals surface area contributed by atoms with Gasteiger partial charge in [-0.2, -0.15) is 0 Å².